The number of hydrogen-bond donors (Lipinski definition) is 0. The SMILES string of the molecule is O=CC1CSc2ccc(Cl)cc21. The van der Waals surface area contributed by atoms with Crippen LogP contribution in [0.1, 0.15) is 11.5 Å². The van der Waals surface area contributed by atoms with Crippen molar-refractivity contribution in [1.29, 1.82) is 0 Å². The Labute approximate surface area is 80.1 Å². The Hall–Kier alpha value is -0.470. The highest BCUT2D eigenvalue weighted by atomic mass is 35.5. The summed E-state index contributed by atoms with van der Waals surface area (Å²) in [5.41, 5.74) is 1.09. The minimum atomic E-state index is 0.0451. The maximum Gasteiger partial charge on any atom is 0.128 e. The molecule has 1 heterocycles. The first kappa shape index (κ1) is 8.14. The van der Waals surface area contributed by atoms with Crippen molar-refractivity contribution < 1.29 is 4.79 Å². The van der Waals surface area contributed by atoms with E-state index in [2.05, 4.69) is 0 Å². The van der Waals surface area contributed by atoms with E-state index in [1.165, 1.54) is 4.90 Å². The van der Waals surface area contributed by atoms with Gasteiger partial charge in [0.05, 0.1) is 5.92 Å². The molecular weight excluding hydrogens is 192 g/mol. The Balaban J connectivity index is 2.49. The van der Waals surface area contributed by atoms with Crippen LogP contribution < -0.4 is 0 Å². The van der Waals surface area contributed by atoms with Crippen LogP contribution in [0, 0.1) is 0 Å². The lowest BCUT2D eigenvalue weighted by Crippen LogP contribution is -1.96. The van der Waals surface area contributed by atoms with E-state index in [9.17, 15) is 4.79 Å². The molecule has 1 nitrogen and oxygen atoms in total. The third-order valence-electron chi connectivity index (χ3n) is 1.95. The van der Waals surface area contributed by atoms with Crippen molar-refractivity contribution in [2.45, 2.75) is 10.8 Å². The van der Waals surface area contributed by atoms with E-state index in [1.807, 2.05) is 18.2 Å². The van der Waals surface area contributed by atoms with Gasteiger partial charge < -0.3 is 4.79 Å². The van der Waals surface area contributed by atoms with Gasteiger partial charge in [-0.05, 0) is 23.8 Å². The van der Waals surface area contributed by atoms with E-state index in [4.69, 9.17) is 11.6 Å². The second-order valence-corrected chi connectivity index (χ2v) is 4.23. The van der Waals surface area contributed by atoms with Gasteiger partial charge >= 0.3 is 0 Å². The number of rotatable bonds is 1. The van der Waals surface area contributed by atoms with Crippen LogP contribution in [0.2, 0.25) is 5.02 Å². The number of fused-ring (bicyclic) bond motifs is 1. The zero-order chi connectivity index (χ0) is 8.55. The number of carbonyl (C=O) groups is 1. The Morgan fingerprint density at radius 3 is 3.17 bits per heavy atom. The average Bonchev–Trinajstić information content (AvgIpc) is 2.46. The molecule has 0 N–H and O–H groups in total. The van der Waals surface area contributed by atoms with E-state index < -0.39 is 0 Å². The number of aldehydes is 1. The molecule has 0 amide bonds. The number of carbonyl (C=O) groups excluding carboxylic acids is 1. The van der Waals surface area contributed by atoms with Crippen LogP contribution in [0.15, 0.2) is 23.1 Å². The smallest absolute Gasteiger partial charge is 0.128 e. The van der Waals surface area contributed by atoms with Gasteiger partial charge in [0.1, 0.15) is 6.29 Å². The summed E-state index contributed by atoms with van der Waals surface area (Å²) in [5.74, 6) is 0.905. The van der Waals surface area contributed by atoms with Crippen molar-refractivity contribution in [1.82, 2.24) is 0 Å². The summed E-state index contributed by atoms with van der Waals surface area (Å²) in [5, 5.41) is 0.711. The fourth-order valence-electron chi connectivity index (χ4n) is 1.32. The van der Waals surface area contributed by atoms with Gasteiger partial charge in [-0.1, -0.05) is 11.6 Å². The number of hydrogen-bond acceptors (Lipinski definition) is 2. The van der Waals surface area contributed by atoms with Crippen molar-refractivity contribution >= 4 is 29.6 Å². The highest BCUT2D eigenvalue weighted by Gasteiger charge is 2.22. The summed E-state index contributed by atoms with van der Waals surface area (Å²) >= 11 is 7.54. The van der Waals surface area contributed by atoms with Crippen LogP contribution in [0.25, 0.3) is 0 Å². The molecule has 0 bridgehead atoms. The van der Waals surface area contributed by atoms with Gasteiger partial charge in [0.2, 0.25) is 0 Å². The molecule has 1 unspecified atom stereocenters. The lowest BCUT2D eigenvalue weighted by molar-refractivity contribution is -0.108. The average molecular weight is 199 g/mol. The highest BCUT2D eigenvalue weighted by Crippen LogP contribution is 2.39. The van der Waals surface area contributed by atoms with Crippen LogP contribution in [0.3, 0.4) is 0 Å². The summed E-state index contributed by atoms with van der Waals surface area (Å²) in [6, 6.07) is 5.72. The van der Waals surface area contributed by atoms with Crippen molar-refractivity contribution in [3.05, 3.63) is 28.8 Å². The fraction of sp³-hybridized carbons (Fsp3) is 0.222. The van der Waals surface area contributed by atoms with Gasteiger partial charge in [-0.3, -0.25) is 0 Å². The quantitative estimate of drug-likeness (QED) is 0.646. The number of halogens is 1. The lowest BCUT2D eigenvalue weighted by atomic mass is 10.0. The monoisotopic (exact) mass is 198 g/mol. The zero-order valence-electron chi connectivity index (χ0n) is 6.29. The summed E-state index contributed by atoms with van der Waals surface area (Å²) in [7, 11) is 0. The van der Waals surface area contributed by atoms with Gasteiger partial charge in [-0.25, -0.2) is 0 Å². The van der Waals surface area contributed by atoms with Gasteiger partial charge in [-0.2, -0.15) is 0 Å². The standard InChI is InChI=1S/C9H7ClOS/c10-7-1-2-9-8(3-7)6(4-11)5-12-9/h1-4,6H,5H2. The Morgan fingerprint density at radius 1 is 1.58 bits per heavy atom. The second kappa shape index (κ2) is 3.11. The highest BCUT2D eigenvalue weighted by molar-refractivity contribution is 7.99. The molecule has 1 aliphatic heterocycles. The Bertz CT molecular complexity index is 324. The first-order valence-corrected chi connectivity index (χ1v) is 5.05. The van der Waals surface area contributed by atoms with Crippen molar-refractivity contribution in [2.75, 3.05) is 5.75 Å². The molecular formula is C9H7ClOS. The number of thioether (sulfide) groups is 1. The zero-order valence-corrected chi connectivity index (χ0v) is 7.86. The summed E-state index contributed by atoms with van der Waals surface area (Å²) in [4.78, 5) is 11.8. The predicted octanol–water partition coefficient (Wildman–Crippen LogP) is 2.73. The van der Waals surface area contributed by atoms with E-state index in [1.54, 1.807) is 11.8 Å². The normalized spacial score (nSPS) is 20.6. The molecule has 0 aromatic heterocycles. The van der Waals surface area contributed by atoms with Gasteiger partial charge in [-0.15, -0.1) is 11.8 Å². The van der Waals surface area contributed by atoms with E-state index >= 15 is 0 Å². The largest absolute Gasteiger partial charge is 0.303 e. The molecule has 0 saturated carbocycles. The molecule has 3 heteroatoms. The van der Waals surface area contributed by atoms with Crippen molar-refractivity contribution in [3.8, 4) is 0 Å². The van der Waals surface area contributed by atoms with Gasteiger partial charge in [0.25, 0.3) is 0 Å². The van der Waals surface area contributed by atoms with E-state index in [0.717, 1.165) is 17.6 Å². The first-order valence-electron chi connectivity index (χ1n) is 3.69. The van der Waals surface area contributed by atoms with Crippen molar-refractivity contribution in [2.24, 2.45) is 0 Å². The second-order valence-electron chi connectivity index (χ2n) is 2.74. The van der Waals surface area contributed by atoms with Crippen LogP contribution in [-0.4, -0.2) is 12.0 Å². The molecule has 0 fully saturated rings. The molecule has 1 aromatic carbocycles. The molecule has 62 valence electrons. The van der Waals surface area contributed by atoms with Crippen LogP contribution in [0.5, 0.6) is 0 Å². The fourth-order valence-corrected chi connectivity index (χ4v) is 2.66. The molecule has 0 radical (unpaired) electrons. The molecule has 1 aliphatic rings. The van der Waals surface area contributed by atoms with Crippen LogP contribution >= 0.6 is 23.4 Å². The van der Waals surface area contributed by atoms with Gasteiger partial charge in [0, 0.05) is 15.7 Å². The minimum absolute atomic E-state index is 0.0451. The maximum atomic E-state index is 10.6. The predicted molar refractivity (Wildman–Crippen MR) is 51.0 cm³/mol. The third kappa shape index (κ3) is 1.25. The topological polar surface area (TPSA) is 17.1 Å². The molecule has 12 heavy (non-hydrogen) atoms. The lowest BCUT2D eigenvalue weighted by Gasteiger charge is -2.01. The minimum Gasteiger partial charge on any atom is -0.303 e. The Morgan fingerprint density at radius 2 is 2.42 bits per heavy atom. The van der Waals surface area contributed by atoms with E-state index in [0.29, 0.717) is 5.02 Å². The molecule has 0 spiro atoms. The molecule has 2 rings (SSSR count). The van der Waals surface area contributed by atoms with Gasteiger partial charge in [0.15, 0.2) is 0 Å². The van der Waals surface area contributed by atoms with Crippen molar-refractivity contribution in [3.63, 3.8) is 0 Å². The molecule has 1 atom stereocenters. The molecule has 0 saturated heterocycles. The van der Waals surface area contributed by atoms with Crippen LogP contribution in [-0.2, 0) is 4.79 Å². The first-order chi connectivity index (χ1) is 5.81. The summed E-state index contributed by atoms with van der Waals surface area (Å²) in [6.45, 7) is 0. The number of benzene rings is 1. The van der Waals surface area contributed by atoms with E-state index in [-0.39, 0.29) is 5.92 Å². The summed E-state index contributed by atoms with van der Waals surface area (Å²) < 4.78 is 0. The molecule has 0 aliphatic carbocycles. The summed E-state index contributed by atoms with van der Waals surface area (Å²) in [6.07, 6.45) is 0.995. The van der Waals surface area contributed by atoms with Crippen LogP contribution in [0.4, 0.5) is 0 Å². The maximum absolute atomic E-state index is 10.6. The molecule has 1 aromatic rings. The third-order valence-corrected chi connectivity index (χ3v) is 3.40. The Kier molecular flexibility index (Phi) is 2.11.